The zero-order chi connectivity index (χ0) is 10.3. The molecular weight excluding hydrogens is 188 g/mol. The molecule has 0 bridgehead atoms. The summed E-state index contributed by atoms with van der Waals surface area (Å²) in [5.74, 6) is 1.68. The Hall–Kier alpha value is -1.32. The number of anilines is 2. The second-order valence-corrected chi connectivity index (χ2v) is 4.83. The number of rotatable bonds is 4. The van der Waals surface area contributed by atoms with Gasteiger partial charge in [0.05, 0.1) is 18.1 Å². The van der Waals surface area contributed by atoms with Crippen molar-refractivity contribution < 1.29 is 0 Å². The van der Waals surface area contributed by atoms with Gasteiger partial charge in [0, 0.05) is 6.54 Å². The molecule has 0 amide bonds. The number of nitrogens with one attached hydrogen (secondary N) is 1. The number of nitrogens with two attached hydrogens (primary N) is 1. The maximum Gasteiger partial charge on any atom is 0.222 e. The van der Waals surface area contributed by atoms with Gasteiger partial charge in [-0.3, -0.25) is 0 Å². The Balaban J connectivity index is 1.59. The van der Waals surface area contributed by atoms with Crippen molar-refractivity contribution in [3.63, 3.8) is 0 Å². The van der Waals surface area contributed by atoms with Crippen LogP contribution in [0, 0.1) is 11.3 Å². The van der Waals surface area contributed by atoms with Gasteiger partial charge in [0.15, 0.2) is 0 Å². The molecule has 1 aromatic heterocycles. The van der Waals surface area contributed by atoms with Crippen LogP contribution < -0.4 is 11.1 Å². The molecule has 3 N–H and O–H groups in total. The summed E-state index contributed by atoms with van der Waals surface area (Å²) in [6, 6.07) is 0. The normalized spacial score (nSPS) is 22.4. The lowest BCUT2D eigenvalue weighted by atomic mass is 10.0. The van der Waals surface area contributed by atoms with Crippen molar-refractivity contribution in [3.05, 3.63) is 12.4 Å². The second-order valence-electron chi connectivity index (χ2n) is 4.83. The van der Waals surface area contributed by atoms with Gasteiger partial charge in [-0.05, 0) is 37.0 Å². The molecule has 2 aliphatic rings. The Morgan fingerprint density at radius 1 is 1.33 bits per heavy atom. The van der Waals surface area contributed by atoms with E-state index in [9.17, 15) is 0 Å². The fourth-order valence-corrected chi connectivity index (χ4v) is 2.27. The minimum absolute atomic E-state index is 0.588. The fraction of sp³-hybridized carbons (Fsp3) is 0.636. The Bertz CT molecular complexity index is 351. The number of aromatic nitrogens is 2. The zero-order valence-corrected chi connectivity index (χ0v) is 8.74. The number of nitrogen functional groups attached to an aromatic ring is 1. The molecule has 0 aliphatic heterocycles. The quantitative estimate of drug-likeness (QED) is 0.783. The van der Waals surface area contributed by atoms with E-state index in [-0.39, 0.29) is 0 Å². The molecule has 2 fully saturated rings. The van der Waals surface area contributed by atoms with Gasteiger partial charge in [-0.2, -0.15) is 0 Å². The predicted octanol–water partition coefficient (Wildman–Crippen LogP) is 1.66. The first-order valence-corrected chi connectivity index (χ1v) is 5.60. The molecule has 1 heterocycles. The lowest BCUT2D eigenvalue weighted by molar-refractivity contribution is 0.465. The van der Waals surface area contributed by atoms with Gasteiger partial charge in [0.1, 0.15) is 0 Å². The van der Waals surface area contributed by atoms with Crippen LogP contribution in [0.3, 0.4) is 0 Å². The van der Waals surface area contributed by atoms with Crippen molar-refractivity contribution >= 4 is 11.6 Å². The van der Waals surface area contributed by atoms with Gasteiger partial charge in [0.2, 0.25) is 5.95 Å². The van der Waals surface area contributed by atoms with E-state index in [0.29, 0.717) is 17.1 Å². The van der Waals surface area contributed by atoms with Crippen LogP contribution in [0.15, 0.2) is 12.4 Å². The third-order valence-electron chi connectivity index (χ3n) is 3.61. The molecule has 0 spiro atoms. The van der Waals surface area contributed by atoms with Crippen molar-refractivity contribution in [1.82, 2.24) is 9.97 Å². The summed E-state index contributed by atoms with van der Waals surface area (Å²) in [6.45, 7) is 1.03. The van der Waals surface area contributed by atoms with Crippen LogP contribution in [-0.4, -0.2) is 16.5 Å². The molecule has 15 heavy (non-hydrogen) atoms. The topological polar surface area (TPSA) is 63.8 Å². The highest BCUT2D eigenvalue weighted by Gasteiger charge is 2.53. The first-order chi connectivity index (χ1) is 7.28. The minimum Gasteiger partial charge on any atom is -0.396 e. The Morgan fingerprint density at radius 3 is 2.53 bits per heavy atom. The van der Waals surface area contributed by atoms with Gasteiger partial charge in [-0.25, -0.2) is 9.97 Å². The Labute approximate surface area is 89.3 Å². The highest BCUT2D eigenvalue weighted by molar-refractivity contribution is 5.36. The predicted molar refractivity (Wildman–Crippen MR) is 59.3 cm³/mol. The zero-order valence-electron chi connectivity index (χ0n) is 8.74. The van der Waals surface area contributed by atoms with E-state index in [1.165, 1.54) is 25.7 Å². The molecule has 0 aromatic carbocycles. The molecule has 2 saturated carbocycles. The van der Waals surface area contributed by atoms with Crippen LogP contribution >= 0.6 is 0 Å². The monoisotopic (exact) mass is 204 g/mol. The first-order valence-electron chi connectivity index (χ1n) is 5.60. The SMILES string of the molecule is Nc1cnc(NCC2(C3CC3)CC2)nc1. The molecule has 2 aliphatic carbocycles. The second kappa shape index (κ2) is 3.08. The van der Waals surface area contributed by atoms with Crippen LogP contribution in [-0.2, 0) is 0 Å². The molecule has 0 unspecified atom stereocenters. The molecule has 1 aromatic rings. The van der Waals surface area contributed by atoms with Gasteiger partial charge in [-0.1, -0.05) is 0 Å². The van der Waals surface area contributed by atoms with E-state index < -0.39 is 0 Å². The van der Waals surface area contributed by atoms with E-state index in [1.807, 2.05) is 0 Å². The Morgan fingerprint density at radius 2 is 2.00 bits per heavy atom. The highest BCUT2D eigenvalue weighted by Crippen LogP contribution is 2.61. The lowest BCUT2D eigenvalue weighted by Gasteiger charge is -2.14. The molecule has 4 heteroatoms. The van der Waals surface area contributed by atoms with Crippen molar-refractivity contribution in [3.8, 4) is 0 Å². The summed E-state index contributed by atoms with van der Waals surface area (Å²) in [7, 11) is 0. The largest absolute Gasteiger partial charge is 0.396 e. The third-order valence-corrected chi connectivity index (χ3v) is 3.61. The molecule has 0 radical (unpaired) electrons. The van der Waals surface area contributed by atoms with E-state index in [1.54, 1.807) is 12.4 Å². The van der Waals surface area contributed by atoms with E-state index in [4.69, 9.17) is 5.73 Å². The first kappa shape index (κ1) is 8.95. The van der Waals surface area contributed by atoms with Crippen LogP contribution in [0.4, 0.5) is 11.6 Å². The summed E-state index contributed by atoms with van der Waals surface area (Å²) in [4.78, 5) is 8.28. The average molecular weight is 204 g/mol. The summed E-state index contributed by atoms with van der Waals surface area (Å²) in [5.41, 5.74) is 6.73. The van der Waals surface area contributed by atoms with Gasteiger partial charge in [-0.15, -0.1) is 0 Å². The maximum absolute atomic E-state index is 5.53. The molecule has 0 atom stereocenters. The summed E-state index contributed by atoms with van der Waals surface area (Å²) in [6.07, 6.45) is 8.88. The highest BCUT2D eigenvalue weighted by atomic mass is 15.1. The number of hydrogen-bond acceptors (Lipinski definition) is 4. The minimum atomic E-state index is 0.588. The Kier molecular flexibility index (Phi) is 1.84. The van der Waals surface area contributed by atoms with Crippen molar-refractivity contribution in [2.45, 2.75) is 25.7 Å². The smallest absolute Gasteiger partial charge is 0.222 e. The van der Waals surface area contributed by atoms with Crippen molar-refractivity contribution in [1.29, 1.82) is 0 Å². The summed E-state index contributed by atoms with van der Waals surface area (Å²) >= 11 is 0. The fourth-order valence-electron chi connectivity index (χ4n) is 2.27. The molecular formula is C11H16N4. The van der Waals surface area contributed by atoms with Gasteiger partial charge < -0.3 is 11.1 Å². The molecule has 80 valence electrons. The third kappa shape index (κ3) is 1.76. The maximum atomic E-state index is 5.53. The van der Waals surface area contributed by atoms with Crippen LogP contribution in [0.1, 0.15) is 25.7 Å². The van der Waals surface area contributed by atoms with Crippen molar-refractivity contribution in [2.24, 2.45) is 11.3 Å². The average Bonchev–Trinajstić information content (AvgIpc) is 3.10. The summed E-state index contributed by atoms with van der Waals surface area (Å²) < 4.78 is 0. The van der Waals surface area contributed by atoms with Crippen LogP contribution in [0.2, 0.25) is 0 Å². The lowest BCUT2D eigenvalue weighted by Crippen LogP contribution is -2.18. The molecule has 4 nitrogen and oxygen atoms in total. The number of nitrogens with zero attached hydrogens (tertiary/aromatic N) is 2. The van der Waals surface area contributed by atoms with E-state index in [2.05, 4.69) is 15.3 Å². The summed E-state index contributed by atoms with van der Waals surface area (Å²) in [5, 5.41) is 3.32. The van der Waals surface area contributed by atoms with Crippen LogP contribution in [0.25, 0.3) is 0 Å². The molecule has 3 rings (SSSR count). The van der Waals surface area contributed by atoms with Crippen molar-refractivity contribution in [2.75, 3.05) is 17.6 Å². The van der Waals surface area contributed by atoms with E-state index >= 15 is 0 Å². The standard InChI is InChI=1S/C11H16N4/c12-9-5-13-10(14-6-9)15-7-11(3-4-11)8-1-2-8/h5-6,8H,1-4,7,12H2,(H,13,14,15). The molecule has 0 saturated heterocycles. The van der Waals surface area contributed by atoms with Crippen LogP contribution in [0.5, 0.6) is 0 Å². The van der Waals surface area contributed by atoms with Gasteiger partial charge >= 0.3 is 0 Å². The van der Waals surface area contributed by atoms with E-state index in [0.717, 1.165) is 12.5 Å². The number of hydrogen-bond donors (Lipinski definition) is 2. The van der Waals surface area contributed by atoms with Gasteiger partial charge in [0.25, 0.3) is 0 Å².